The Morgan fingerprint density at radius 2 is 1.88 bits per heavy atom. The smallest absolute Gasteiger partial charge is 0.0447 e. The predicted octanol–water partition coefficient (Wildman–Crippen LogP) is 2.22. The Bertz CT molecular complexity index is 416. The van der Waals surface area contributed by atoms with Crippen LogP contribution in [0.3, 0.4) is 0 Å². The van der Waals surface area contributed by atoms with Gasteiger partial charge in [0.15, 0.2) is 0 Å². The largest absolute Gasteiger partial charge is 0.329 e. The molecule has 0 aromatic heterocycles. The van der Waals surface area contributed by atoms with E-state index in [-0.39, 0.29) is 6.04 Å². The zero-order chi connectivity index (χ0) is 12.8. The zero-order valence-corrected chi connectivity index (χ0v) is 11.0. The number of terminal acetylenes is 1. The van der Waals surface area contributed by atoms with Crippen molar-refractivity contribution in [3.63, 3.8) is 0 Å². The molecule has 0 fully saturated rings. The second-order valence-electron chi connectivity index (χ2n) is 4.49. The molecule has 0 saturated heterocycles. The Labute approximate surface area is 105 Å². The average Bonchev–Trinajstić information content (AvgIpc) is 2.30. The molecule has 0 heterocycles. The number of nitrogens with one attached hydrogen (secondary N) is 1. The van der Waals surface area contributed by atoms with Crippen molar-refractivity contribution in [3.8, 4) is 12.3 Å². The van der Waals surface area contributed by atoms with Crippen LogP contribution in [0.5, 0.6) is 0 Å². The molecule has 1 aromatic carbocycles. The summed E-state index contributed by atoms with van der Waals surface area (Å²) in [6.45, 7) is 7.80. The normalized spacial score (nSPS) is 12.2. The minimum Gasteiger partial charge on any atom is -0.329 e. The van der Waals surface area contributed by atoms with Gasteiger partial charge in [0.1, 0.15) is 0 Å². The molecule has 92 valence electrons. The van der Waals surface area contributed by atoms with E-state index in [4.69, 9.17) is 12.2 Å². The standard InChI is InChI=1S/C15H22N2/c1-5-6-7-17-15(10-16)14-9-12(3)11(2)8-13(14)4/h1,8-9,15,17H,6-7,10,16H2,2-4H3. The maximum Gasteiger partial charge on any atom is 0.0447 e. The summed E-state index contributed by atoms with van der Waals surface area (Å²) in [4.78, 5) is 0. The van der Waals surface area contributed by atoms with Crippen LogP contribution in [0.1, 0.15) is 34.7 Å². The first-order valence-corrected chi connectivity index (χ1v) is 6.04. The van der Waals surface area contributed by atoms with Crippen molar-refractivity contribution in [1.29, 1.82) is 0 Å². The highest BCUT2D eigenvalue weighted by Gasteiger charge is 2.12. The van der Waals surface area contributed by atoms with Crippen LogP contribution in [0.25, 0.3) is 0 Å². The first-order chi connectivity index (χ1) is 8.10. The fraction of sp³-hybridized carbons (Fsp3) is 0.467. The van der Waals surface area contributed by atoms with Crippen LogP contribution in [0, 0.1) is 33.1 Å². The van der Waals surface area contributed by atoms with E-state index >= 15 is 0 Å². The molecule has 2 heteroatoms. The van der Waals surface area contributed by atoms with Gasteiger partial charge in [-0.3, -0.25) is 0 Å². The highest BCUT2D eigenvalue weighted by Crippen LogP contribution is 2.21. The van der Waals surface area contributed by atoms with Crippen molar-refractivity contribution >= 4 is 0 Å². The van der Waals surface area contributed by atoms with Gasteiger partial charge in [-0.05, 0) is 43.0 Å². The van der Waals surface area contributed by atoms with Crippen LogP contribution < -0.4 is 11.1 Å². The van der Waals surface area contributed by atoms with E-state index in [1.54, 1.807) is 0 Å². The van der Waals surface area contributed by atoms with E-state index in [1.807, 2.05) is 0 Å². The lowest BCUT2D eigenvalue weighted by Gasteiger charge is -2.20. The lowest BCUT2D eigenvalue weighted by atomic mass is 9.95. The summed E-state index contributed by atoms with van der Waals surface area (Å²) in [5.74, 6) is 2.63. The van der Waals surface area contributed by atoms with Crippen LogP contribution >= 0.6 is 0 Å². The first kappa shape index (κ1) is 13.8. The Morgan fingerprint density at radius 3 is 2.47 bits per heavy atom. The van der Waals surface area contributed by atoms with Crippen LogP contribution in [0.4, 0.5) is 0 Å². The Kier molecular flexibility index (Phi) is 5.21. The van der Waals surface area contributed by atoms with E-state index in [0.717, 1.165) is 13.0 Å². The average molecular weight is 230 g/mol. The van der Waals surface area contributed by atoms with Crippen molar-refractivity contribution in [3.05, 3.63) is 34.4 Å². The molecule has 1 atom stereocenters. The summed E-state index contributed by atoms with van der Waals surface area (Å²) < 4.78 is 0. The van der Waals surface area contributed by atoms with Crippen molar-refractivity contribution in [2.45, 2.75) is 33.2 Å². The van der Waals surface area contributed by atoms with Gasteiger partial charge in [-0.2, -0.15) is 0 Å². The Balaban J connectivity index is 2.88. The lowest BCUT2D eigenvalue weighted by Crippen LogP contribution is -2.29. The SMILES string of the molecule is C#CCCNC(CN)c1cc(C)c(C)cc1C. The number of nitrogens with two attached hydrogens (primary N) is 1. The van der Waals surface area contributed by atoms with E-state index in [2.05, 4.69) is 44.1 Å². The van der Waals surface area contributed by atoms with E-state index in [0.29, 0.717) is 6.54 Å². The molecule has 0 amide bonds. The molecule has 1 rings (SSSR count). The Morgan fingerprint density at radius 1 is 1.24 bits per heavy atom. The second-order valence-corrected chi connectivity index (χ2v) is 4.49. The topological polar surface area (TPSA) is 38.0 Å². The summed E-state index contributed by atoms with van der Waals surface area (Å²) in [6.07, 6.45) is 5.98. The number of aryl methyl sites for hydroxylation is 3. The number of hydrogen-bond acceptors (Lipinski definition) is 2. The zero-order valence-electron chi connectivity index (χ0n) is 11.0. The van der Waals surface area contributed by atoms with Gasteiger partial charge in [-0.1, -0.05) is 12.1 Å². The first-order valence-electron chi connectivity index (χ1n) is 6.04. The second kappa shape index (κ2) is 6.44. The number of benzene rings is 1. The molecule has 1 unspecified atom stereocenters. The molecule has 0 bridgehead atoms. The molecule has 0 aliphatic rings. The van der Waals surface area contributed by atoms with E-state index < -0.39 is 0 Å². The Hall–Kier alpha value is -1.30. The van der Waals surface area contributed by atoms with Crippen molar-refractivity contribution in [1.82, 2.24) is 5.32 Å². The number of rotatable bonds is 5. The maximum atomic E-state index is 5.83. The fourth-order valence-corrected chi connectivity index (χ4v) is 2.00. The van der Waals surface area contributed by atoms with Crippen molar-refractivity contribution in [2.24, 2.45) is 5.73 Å². The highest BCUT2D eigenvalue weighted by molar-refractivity contribution is 5.38. The van der Waals surface area contributed by atoms with Crippen LogP contribution in [-0.4, -0.2) is 13.1 Å². The fourth-order valence-electron chi connectivity index (χ4n) is 2.00. The molecule has 17 heavy (non-hydrogen) atoms. The molecular formula is C15H22N2. The van der Waals surface area contributed by atoms with Gasteiger partial charge in [0.05, 0.1) is 0 Å². The van der Waals surface area contributed by atoms with Gasteiger partial charge in [0, 0.05) is 25.6 Å². The van der Waals surface area contributed by atoms with Crippen molar-refractivity contribution < 1.29 is 0 Å². The summed E-state index contributed by atoms with van der Waals surface area (Å²) >= 11 is 0. The molecule has 1 aromatic rings. The predicted molar refractivity (Wildman–Crippen MR) is 73.9 cm³/mol. The summed E-state index contributed by atoms with van der Waals surface area (Å²) in [6, 6.07) is 4.64. The van der Waals surface area contributed by atoms with Gasteiger partial charge in [-0.25, -0.2) is 0 Å². The maximum absolute atomic E-state index is 5.83. The van der Waals surface area contributed by atoms with Crippen LogP contribution in [0.15, 0.2) is 12.1 Å². The van der Waals surface area contributed by atoms with E-state index in [1.165, 1.54) is 22.3 Å². The van der Waals surface area contributed by atoms with Gasteiger partial charge in [0.25, 0.3) is 0 Å². The molecule has 0 saturated carbocycles. The minimum absolute atomic E-state index is 0.197. The quantitative estimate of drug-likeness (QED) is 0.601. The molecule has 0 aliphatic heterocycles. The summed E-state index contributed by atoms with van der Waals surface area (Å²) in [7, 11) is 0. The molecule has 3 N–H and O–H groups in total. The third kappa shape index (κ3) is 3.59. The molecule has 0 aliphatic carbocycles. The van der Waals surface area contributed by atoms with E-state index in [9.17, 15) is 0 Å². The molecule has 0 radical (unpaired) electrons. The number of hydrogen-bond donors (Lipinski definition) is 2. The minimum atomic E-state index is 0.197. The highest BCUT2D eigenvalue weighted by atomic mass is 14.9. The molecular weight excluding hydrogens is 208 g/mol. The monoisotopic (exact) mass is 230 g/mol. The third-order valence-electron chi connectivity index (χ3n) is 3.15. The van der Waals surface area contributed by atoms with Gasteiger partial charge < -0.3 is 11.1 Å². The van der Waals surface area contributed by atoms with Crippen LogP contribution in [-0.2, 0) is 0 Å². The molecule has 0 spiro atoms. The summed E-state index contributed by atoms with van der Waals surface area (Å²) in [5.41, 5.74) is 11.0. The van der Waals surface area contributed by atoms with Gasteiger partial charge >= 0.3 is 0 Å². The molecule has 2 nitrogen and oxygen atoms in total. The van der Waals surface area contributed by atoms with Crippen LogP contribution in [0.2, 0.25) is 0 Å². The van der Waals surface area contributed by atoms with Gasteiger partial charge in [-0.15, -0.1) is 12.3 Å². The van der Waals surface area contributed by atoms with Gasteiger partial charge in [0.2, 0.25) is 0 Å². The van der Waals surface area contributed by atoms with Crippen molar-refractivity contribution in [2.75, 3.05) is 13.1 Å². The lowest BCUT2D eigenvalue weighted by molar-refractivity contribution is 0.548. The third-order valence-corrected chi connectivity index (χ3v) is 3.15. The summed E-state index contributed by atoms with van der Waals surface area (Å²) in [5, 5.41) is 3.41.